The van der Waals surface area contributed by atoms with Gasteiger partial charge in [-0.3, -0.25) is 9.69 Å². The Hall–Kier alpha value is -1.76. The van der Waals surface area contributed by atoms with Gasteiger partial charge in [0.1, 0.15) is 0 Å². The highest BCUT2D eigenvalue weighted by Gasteiger charge is 2.19. The maximum absolute atomic E-state index is 12.0. The molecule has 2 N–H and O–H groups in total. The van der Waals surface area contributed by atoms with Gasteiger partial charge in [0.25, 0.3) is 5.91 Å². The van der Waals surface area contributed by atoms with E-state index in [1.54, 1.807) is 6.20 Å². The number of thiazole rings is 1. The average molecular weight is 345 g/mol. The molecule has 1 aromatic carbocycles. The lowest BCUT2D eigenvalue weighted by Gasteiger charge is -2.30. The SMILES string of the molecule is CCc1cnc(C(=O)NC[C@@H](O)CN2CCc3ccccc3C2)s1. The van der Waals surface area contributed by atoms with Gasteiger partial charge in [-0.25, -0.2) is 4.98 Å². The summed E-state index contributed by atoms with van der Waals surface area (Å²) in [6.07, 6.45) is 3.05. The minimum absolute atomic E-state index is 0.206. The predicted molar refractivity (Wildman–Crippen MR) is 95.3 cm³/mol. The van der Waals surface area contributed by atoms with Crippen molar-refractivity contribution in [2.75, 3.05) is 19.6 Å². The molecule has 0 saturated carbocycles. The number of hydrogen-bond donors (Lipinski definition) is 2. The zero-order valence-electron chi connectivity index (χ0n) is 13.9. The number of aliphatic hydroxyl groups is 1. The van der Waals surface area contributed by atoms with Crippen LogP contribution >= 0.6 is 11.3 Å². The van der Waals surface area contributed by atoms with Crippen LogP contribution in [0.1, 0.15) is 32.7 Å². The first kappa shape index (κ1) is 17.1. The van der Waals surface area contributed by atoms with Crippen molar-refractivity contribution in [1.82, 2.24) is 15.2 Å². The Morgan fingerprint density at radius 2 is 2.21 bits per heavy atom. The molecular formula is C18H23N3O2S. The molecule has 0 spiro atoms. The second-order valence-corrected chi connectivity index (χ2v) is 7.22. The molecule has 128 valence electrons. The largest absolute Gasteiger partial charge is 0.390 e. The lowest BCUT2D eigenvalue weighted by Crippen LogP contribution is -2.42. The van der Waals surface area contributed by atoms with Crippen molar-refractivity contribution >= 4 is 17.2 Å². The van der Waals surface area contributed by atoms with Gasteiger partial charge >= 0.3 is 0 Å². The molecule has 1 aromatic heterocycles. The monoisotopic (exact) mass is 345 g/mol. The molecule has 3 rings (SSSR count). The van der Waals surface area contributed by atoms with Crippen LogP contribution in [0.25, 0.3) is 0 Å². The number of aliphatic hydroxyl groups excluding tert-OH is 1. The minimum atomic E-state index is -0.579. The molecule has 0 fully saturated rings. The van der Waals surface area contributed by atoms with E-state index in [1.807, 2.05) is 6.92 Å². The summed E-state index contributed by atoms with van der Waals surface area (Å²) in [6.45, 7) is 4.64. The van der Waals surface area contributed by atoms with Crippen LogP contribution in [-0.2, 0) is 19.4 Å². The first-order chi connectivity index (χ1) is 11.7. The van der Waals surface area contributed by atoms with Crippen LogP contribution in [0, 0.1) is 0 Å². The Morgan fingerprint density at radius 1 is 1.42 bits per heavy atom. The van der Waals surface area contributed by atoms with Gasteiger partial charge in [0, 0.05) is 37.3 Å². The van der Waals surface area contributed by atoms with Gasteiger partial charge in [0.05, 0.1) is 6.10 Å². The number of benzene rings is 1. The molecule has 0 saturated heterocycles. The smallest absolute Gasteiger partial charge is 0.280 e. The van der Waals surface area contributed by atoms with Crippen LogP contribution in [-0.4, -0.2) is 46.6 Å². The van der Waals surface area contributed by atoms with E-state index in [9.17, 15) is 9.90 Å². The normalized spacial score (nSPS) is 15.8. The minimum Gasteiger partial charge on any atom is -0.390 e. The highest BCUT2D eigenvalue weighted by atomic mass is 32.1. The lowest BCUT2D eigenvalue weighted by atomic mass is 10.00. The molecule has 1 amide bonds. The molecule has 24 heavy (non-hydrogen) atoms. The number of amides is 1. The predicted octanol–water partition coefficient (Wildman–Crippen LogP) is 1.85. The number of aryl methyl sites for hydroxylation is 1. The van der Waals surface area contributed by atoms with Gasteiger partial charge in [-0.1, -0.05) is 31.2 Å². The average Bonchev–Trinajstić information content (AvgIpc) is 3.09. The van der Waals surface area contributed by atoms with E-state index in [0.717, 1.165) is 30.8 Å². The van der Waals surface area contributed by atoms with Crippen molar-refractivity contribution in [2.24, 2.45) is 0 Å². The van der Waals surface area contributed by atoms with Crippen LogP contribution in [0.5, 0.6) is 0 Å². The Bertz CT molecular complexity index is 701. The van der Waals surface area contributed by atoms with Crippen LogP contribution in [0.4, 0.5) is 0 Å². The van der Waals surface area contributed by atoms with Gasteiger partial charge in [-0.05, 0) is 24.0 Å². The third-order valence-corrected chi connectivity index (χ3v) is 5.41. The number of nitrogens with one attached hydrogen (secondary N) is 1. The molecule has 2 heterocycles. The van der Waals surface area contributed by atoms with Crippen molar-refractivity contribution in [3.63, 3.8) is 0 Å². The highest BCUT2D eigenvalue weighted by Crippen LogP contribution is 2.18. The number of hydrogen-bond acceptors (Lipinski definition) is 5. The molecule has 1 aliphatic heterocycles. The third kappa shape index (κ3) is 4.20. The van der Waals surface area contributed by atoms with Crippen molar-refractivity contribution in [3.05, 3.63) is 51.5 Å². The summed E-state index contributed by atoms with van der Waals surface area (Å²) < 4.78 is 0. The van der Waals surface area contributed by atoms with E-state index in [4.69, 9.17) is 0 Å². The van der Waals surface area contributed by atoms with E-state index >= 15 is 0 Å². The molecule has 1 aliphatic rings. The van der Waals surface area contributed by atoms with Crippen LogP contribution in [0.2, 0.25) is 0 Å². The zero-order chi connectivity index (χ0) is 16.9. The molecule has 2 aromatic rings. The summed E-state index contributed by atoms with van der Waals surface area (Å²) in [5, 5.41) is 13.5. The van der Waals surface area contributed by atoms with Gasteiger partial charge in [-0.15, -0.1) is 11.3 Å². The number of fused-ring (bicyclic) bond motifs is 1. The van der Waals surface area contributed by atoms with Crippen molar-refractivity contribution in [2.45, 2.75) is 32.4 Å². The number of rotatable bonds is 6. The Labute approximate surface area is 146 Å². The van der Waals surface area contributed by atoms with Gasteiger partial charge < -0.3 is 10.4 Å². The van der Waals surface area contributed by atoms with Gasteiger partial charge in [0.15, 0.2) is 5.01 Å². The summed E-state index contributed by atoms with van der Waals surface area (Å²) in [5.41, 5.74) is 2.72. The van der Waals surface area contributed by atoms with Crippen LogP contribution < -0.4 is 5.32 Å². The fourth-order valence-corrected chi connectivity index (χ4v) is 3.70. The van der Waals surface area contributed by atoms with E-state index in [0.29, 0.717) is 11.6 Å². The number of carbonyl (C=O) groups is 1. The molecule has 1 atom stereocenters. The maximum atomic E-state index is 12.0. The summed E-state index contributed by atoms with van der Waals surface area (Å²) >= 11 is 1.41. The van der Waals surface area contributed by atoms with E-state index in [2.05, 4.69) is 39.5 Å². The zero-order valence-corrected chi connectivity index (χ0v) is 14.7. The van der Waals surface area contributed by atoms with E-state index < -0.39 is 6.10 Å². The number of carbonyl (C=O) groups excluding carboxylic acids is 1. The third-order valence-electron chi connectivity index (χ3n) is 4.27. The topological polar surface area (TPSA) is 65.5 Å². The van der Waals surface area contributed by atoms with E-state index in [1.165, 1.54) is 22.5 Å². The molecule has 6 heteroatoms. The molecule has 0 radical (unpaired) electrons. The van der Waals surface area contributed by atoms with Crippen molar-refractivity contribution < 1.29 is 9.90 Å². The van der Waals surface area contributed by atoms with Crippen molar-refractivity contribution in [1.29, 1.82) is 0 Å². The summed E-state index contributed by atoms with van der Waals surface area (Å²) in [7, 11) is 0. The lowest BCUT2D eigenvalue weighted by molar-refractivity contribution is 0.0841. The van der Waals surface area contributed by atoms with Crippen molar-refractivity contribution in [3.8, 4) is 0 Å². The number of aromatic nitrogens is 1. The quantitative estimate of drug-likeness (QED) is 0.839. The Kier molecular flexibility index (Phi) is 5.60. The molecule has 0 unspecified atom stereocenters. The molecule has 5 nitrogen and oxygen atoms in total. The number of β-amino-alcohol motifs (C(OH)–C–C–N with tert-alkyl or cyclic N) is 1. The first-order valence-corrected chi connectivity index (χ1v) is 9.17. The Morgan fingerprint density at radius 3 is 2.96 bits per heavy atom. The molecule has 0 aliphatic carbocycles. The van der Waals surface area contributed by atoms with Gasteiger partial charge in [0.2, 0.25) is 0 Å². The second kappa shape index (κ2) is 7.88. The molecular weight excluding hydrogens is 322 g/mol. The fourth-order valence-electron chi connectivity index (χ4n) is 2.93. The summed E-state index contributed by atoms with van der Waals surface area (Å²) in [5.74, 6) is -0.206. The molecule has 0 bridgehead atoms. The Balaban J connectivity index is 1.46. The standard InChI is InChI=1S/C18H23N3O2S/c1-2-16-10-20-18(24-16)17(23)19-9-15(22)12-21-8-7-13-5-3-4-6-14(13)11-21/h3-6,10,15,22H,2,7-9,11-12H2,1H3,(H,19,23)/t15-/m1/s1. The van der Waals surface area contributed by atoms with E-state index in [-0.39, 0.29) is 12.5 Å². The summed E-state index contributed by atoms with van der Waals surface area (Å²) in [6, 6.07) is 8.43. The first-order valence-electron chi connectivity index (χ1n) is 8.35. The highest BCUT2D eigenvalue weighted by molar-refractivity contribution is 7.13. The van der Waals surface area contributed by atoms with Crippen LogP contribution in [0.3, 0.4) is 0 Å². The number of nitrogens with zero attached hydrogens (tertiary/aromatic N) is 2. The summed E-state index contributed by atoms with van der Waals surface area (Å²) in [4.78, 5) is 19.5. The fraction of sp³-hybridized carbons (Fsp3) is 0.444. The second-order valence-electron chi connectivity index (χ2n) is 6.10. The van der Waals surface area contributed by atoms with Gasteiger partial charge in [-0.2, -0.15) is 0 Å². The van der Waals surface area contributed by atoms with Crippen LogP contribution in [0.15, 0.2) is 30.5 Å². The maximum Gasteiger partial charge on any atom is 0.280 e.